The number of halogens is 1. The molecule has 0 spiro atoms. The third kappa shape index (κ3) is 1.99. The van der Waals surface area contributed by atoms with Crippen molar-refractivity contribution in [1.29, 1.82) is 0 Å². The molecule has 4 fully saturated rings. The van der Waals surface area contributed by atoms with Crippen LogP contribution in [0.3, 0.4) is 0 Å². The zero-order valence-electron chi connectivity index (χ0n) is 10.6. The summed E-state index contributed by atoms with van der Waals surface area (Å²) in [5.74, 6) is 2.52. The summed E-state index contributed by atoms with van der Waals surface area (Å²) in [4.78, 5) is 11.9. The van der Waals surface area contributed by atoms with Crippen molar-refractivity contribution < 1.29 is 10.0 Å². The smallest absolute Gasteiger partial charge is 0.335 e. The molecule has 0 atom stereocenters. The predicted octanol–water partition coefficient (Wildman–Crippen LogP) is 2.59. The molecule has 4 rings (SSSR count). The molecule has 102 valence electrons. The highest BCUT2D eigenvalue weighted by molar-refractivity contribution is 6.18. The molecule has 0 aliphatic heterocycles. The number of carbonyl (C=O) groups excluding carboxylic acids is 1. The Hall–Kier alpha value is -0.480. The number of rotatable bonds is 3. The van der Waals surface area contributed by atoms with Gasteiger partial charge in [0.2, 0.25) is 0 Å². The standard InChI is InChI=1S/C13H21ClN2O2/c14-1-2-15-12(17)16(18)13-6-9-3-10(7-13)5-11(4-9)8-13/h9-11,18H,1-8H2,(H,15,17). The van der Waals surface area contributed by atoms with E-state index in [0.717, 1.165) is 24.3 Å². The number of alkyl halides is 1. The van der Waals surface area contributed by atoms with Crippen molar-refractivity contribution in [2.24, 2.45) is 17.8 Å². The Morgan fingerprint density at radius 1 is 1.22 bits per heavy atom. The molecule has 0 heterocycles. The number of carbonyl (C=O) groups is 1. The van der Waals surface area contributed by atoms with Gasteiger partial charge in [0.1, 0.15) is 0 Å². The zero-order chi connectivity index (χ0) is 12.8. The van der Waals surface area contributed by atoms with E-state index in [0.29, 0.717) is 30.2 Å². The van der Waals surface area contributed by atoms with Crippen molar-refractivity contribution in [2.75, 3.05) is 12.4 Å². The van der Waals surface area contributed by atoms with E-state index in [-0.39, 0.29) is 11.6 Å². The molecule has 0 unspecified atom stereocenters. The van der Waals surface area contributed by atoms with E-state index in [4.69, 9.17) is 11.6 Å². The third-order valence-electron chi connectivity index (χ3n) is 5.02. The number of urea groups is 1. The van der Waals surface area contributed by atoms with Crippen LogP contribution in [0.1, 0.15) is 38.5 Å². The summed E-state index contributed by atoms with van der Waals surface area (Å²) < 4.78 is 0. The second kappa shape index (κ2) is 4.57. The van der Waals surface area contributed by atoms with E-state index in [1.54, 1.807) is 0 Å². The lowest BCUT2D eigenvalue weighted by Gasteiger charge is -2.58. The minimum absolute atomic E-state index is 0.287. The van der Waals surface area contributed by atoms with Crippen LogP contribution < -0.4 is 5.32 Å². The fourth-order valence-electron chi connectivity index (χ4n) is 4.77. The Labute approximate surface area is 113 Å². The van der Waals surface area contributed by atoms with E-state index < -0.39 is 0 Å². The maximum Gasteiger partial charge on any atom is 0.341 e. The van der Waals surface area contributed by atoms with Gasteiger partial charge in [0.15, 0.2) is 0 Å². The highest BCUT2D eigenvalue weighted by atomic mass is 35.5. The topological polar surface area (TPSA) is 52.6 Å². The molecule has 0 aromatic rings. The van der Waals surface area contributed by atoms with Crippen molar-refractivity contribution >= 4 is 17.6 Å². The van der Waals surface area contributed by atoms with E-state index in [1.165, 1.54) is 19.3 Å². The van der Waals surface area contributed by atoms with Gasteiger partial charge in [0.05, 0.1) is 5.54 Å². The summed E-state index contributed by atoms with van der Waals surface area (Å²) in [5.41, 5.74) is -0.287. The molecule has 4 saturated carbocycles. The summed E-state index contributed by atoms with van der Waals surface area (Å²) in [5, 5.41) is 14.0. The van der Waals surface area contributed by atoms with Crippen molar-refractivity contribution in [3.05, 3.63) is 0 Å². The largest absolute Gasteiger partial charge is 0.341 e. The van der Waals surface area contributed by atoms with Crippen molar-refractivity contribution in [3.63, 3.8) is 0 Å². The molecule has 4 nitrogen and oxygen atoms in total. The Kier molecular flexibility index (Phi) is 3.18. The Balaban J connectivity index is 1.72. The van der Waals surface area contributed by atoms with Crippen LogP contribution in [0.15, 0.2) is 0 Å². The molecule has 0 aromatic carbocycles. The molecule has 0 aromatic heterocycles. The number of nitrogens with zero attached hydrogens (tertiary/aromatic N) is 1. The van der Waals surface area contributed by atoms with Crippen LogP contribution in [0.2, 0.25) is 0 Å². The first-order valence-corrected chi connectivity index (χ1v) is 7.49. The molecule has 0 radical (unpaired) electrons. The monoisotopic (exact) mass is 272 g/mol. The Morgan fingerprint density at radius 2 is 1.72 bits per heavy atom. The maximum absolute atomic E-state index is 11.9. The quantitative estimate of drug-likeness (QED) is 0.471. The Morgan fingerprint density at radius 3 is 2.17 bits per heavy atom. The second-order valence-electron chi connectivity index (χ2n) is 6.37. The van der Waals surface area contributed by atoms with Gasteiger partial charge in [-0.3, -0.25) is 5.21 Å². The molecule has 5 heteroatoms. The molecule has 2 N–H and O–H groups in total. The average molecular weight is 273 g/mol. The summed E-state index contributed by atoms with van der Waals surface area (Å²) >= 11 is 5.55. The van der Waals surface area contributed by atoms with Crippen molar-refractivity contribution in [1.82, 2.24) is 10.4 Å². The van der Waals surface area contributed by atoms with Crippen LogP contribution in [0.4, 0.5) is 4.79 Å². The van der Waals surface area contributed by atoms with Crippen LogP contribution in [-0.4, -0.2) is 34.3 Å². The molecule has 4 aliphatic rings. The fraction of sp³-hybridized carbons (Fsp3) is 0.923. The van der Waals surface area contributed by atoms with Crippen molar-refractivity contribution in [3.8, 4) is 0 Å². The molecular formula is C13H21ClN2O2. The summed E-state index contributed by atoms with van der Waals surface area (Å²) in [6.45, 7) is 0.407. The Bertz CT molecular complexity index is 313. The highest BCUT2D eigenvalue weighted by Crippen LogP contribution is 2.57. The van der Waals surface area contributed by atoms with Crippen molar-refractivity contribution in [2.45, 2.75) is 44.1 Å². The highest BCUT2D eigenvalue weighted by Gasteiger charge is 2.55. The summed E-state index contributed by atoms with van der Waals surface area (Å²) in [6, 6.07) is -0.377. The van der Waals surface area contributed by atoms with Gasteiger partial charge in [0.25, 0.3) is 0 Å². The zero-order valence-corrected chi connectivity index (χ0v) is 11.3. The minimum Gasteiger partial charge on any atom is -0.335 e. The molecule has 0 saturated heterocycles. The average Bonchev–Trinajstić information content (AvgIpc) is 2.33. The second-order valence-corrected chi connectivity index (χ2v) is 6.75. The lowest BCUT2D eigenvalue weighted by molar-refractivity contribution is -0.191. The van der Waals surface area contributed by atoms with Gasteiger partial charge in [-0.2, -0.15) is 0 Å². The van der Waals surface area contributed by atoms with E-state index in [2.05, 4.69) is 5.32 Å². The molecule has 4 bridgehead atoms. The molecule has 2 amide bonds. The minimum atomic E-state index is -0.377. The summed E-state index contributed by atoms with van der Waals surface area (Å²) in [6.07, 6.45) is 6.83. The van der Waals surface area contributed by atoms with Gasteiger partial charge < -0.3 is 5.32 Å². The summed E-state index contributed by atoms with van der Waals surface area (Å²) in [7, 11) is 0. The normalized spacial score (nSPS) is 40.9. The predicted molar refractivity (Wildman–Crippen MR) is 68.6 cm³/mol. The van der Waals surface area contributed by atoms with Gasteiger partial charge in [-0.25, -0.2) is 9.86 Å². The van der Waals surface area contributed by atoms with Gasteiger partial charge >= 0.3 is 6.03 Å². The fourth-order valence-corrected chi connectivity index (χ4v) is 4.86. The third-order valence-corrected chi connectivity index (χ3v) is 5.21. The van der Waals surface area contributed by atoms with Gasteiger partial charge in [-0.15, -0.1) is 11.6 Å². The number of hydrogen-bond donors (Lipinski definition) is 2. The van der Waals surface area contributed by atoms with Crippen LogP contribution >= 0.6 is 11.6 Å². The first kappa shape index (κ1) is 12.5. The van der Waals surface area contributed by atoms with Crippen LogP contribution in [0.5, 0.6) is 0 Å². The first-order valence-electron chi connectivity index (χ1n) is 6.96. The number of hydroxylamine groups is 2. The van der Waals surface area contributed by atoms with Crippen LogP contribution in [0.25, 0.3) is 0 Å². The lowest BCUT2D eigenvalue weighted by atomic mass is 9.53. The molecular weight excluding hydrogens is 252 g/mol. The molecule has 4 aliphatic carbocycles. The van der Waals surface area contributed by atoms with Crippen LogP contribution in [0, 0.1) is 17.8 Å². The van der Waals surface area contributed by atoms with Gasteiger partial charge in [-0.05, 0) is 56.3 Å². The van der Waals surface area contributed by atoms with Gasteiger partial charge in [-0.1, -0.05) is 0 Å². The number of hydrogen-bond acceptors (Lipinski definition) is 2. The van der Waals surface area contributed by atoms with E-state index >= 15 is 0 Å². The lowest BCUT2D eigenvalue weighted by Crippen LogP contribution is -2.62. The van der Waals surface area contributed by atoms with E-state index in [1.807, 2.05) is 0 Å². The van der Waals surface area contributed by atoms with E-state index in [9.17, 15) is 10.0 Å². The SMILES string of the molecule is O=C(NCCCl)N(O)C12CC3CC(CC(C3)C1)C2. The number of amides is 2. The maximum atomic E-state index is 11.9. The number of nitrogens with one attached hydrogen (secondary N) is 1. The van der Waals surface area contributed by atoms with Crippen LogP contribution in [-0.2, 0) is 0 Å². The van der Waals surface area contributed by atoms with Gasteiger partial charge in [0, 0.05) is 12.4 Å². The first-order chi connectivity index (χ1) is 8.63. The molecule has 18 heavy (non-hydrogen) atoms.